The topological polar surface area (TPSA) is 17.1 Å². The molecule has 0 aliphatic carbocycles. The number of hydrogen-bond acceptors (Lipinski definition) is 1. The summed E-state index contributed by atoms with van der Waals surface area (Å²) in [6.45, 7) is 6.53. The van der Waals surface area contributed by atoms with E-state index >= 15 is 0 Å². The third-order valence-electron chi connectivity index (χ3n) is 2.11. The molecule has 0 amide bonds. The zero-order valence-electron chi connectivity index (χ0n) is 9.30. The van der Waals surface area contributed by atoms with Crippen molar-refractivity contribution in [2.24, 2.45) is 5.92 Å². The molecule has 0 aromatic carbocycles. The first kappa shape index (κ1) is 13.1. The molecule has 0 fully saturated rings. The van der Waals surface area contributed by atoms with Gasteiger partial charge in [0.05, 0.1) is 0 Å². The first-order valence-corrected chi connectivity index (χ1v) is 8.58. The zero-order chi connectivity index (χ0) is 10.3. The summed E-state index contributed by atoms with van der Waals surface area (Å²) in [7, 11) is 0. The molecule has 0 bridgehead atoms. The van der Waals surface area contributed by atoms with E-state index in [-0.39, 0.29) is 0 Å². The van der Waals surface area contributed by atoms with E-state index in [0.29, 0.717) is 0 Å². The van der Waals surface area contributed by atoms with Crippen LogP contribution in [0.2, 0.25) is 11.1 Å². The number of hydrogen-bond donors (Lipinski definition) is 0. The normalized spacial score (nSPS) is 15.1. The minimum atomic E-state index is -1.43. The summed E-state index contributed by atoms with van der Waals surface area (Å²) in [6, 6.07) is 0. The van der Waals surface area contributed by atoms with Gasteiger partial charge < -0.3 is 0 Å². The predicted octanol–water partition coefficient (Wildman–Crippen LogP) is 3.81. The summed E-state index contributed by atoms with van der Waals surface area (Å²) in [4.78, 5) is 0. The average molecular weight is 249 g/mol. The van der Waals surface area contributed by atoms with Gasteiger partial charge in [-0.05, 0) is 0 Å². The van der Waals surface area contributed by atoms with Crippen molar-refractivity contribution in [3.05, 3.63) is 11.6 Å². The van der Waals surface area contributed by atoms with Gasteiger partial charge in [-0.25, -0.2) is 0 Å². The molecule has 2 heteroatoms. The van der Waals surface area contributed by atoms with Crippen LogP contribution in [0.3, 0.4) is 0 Å². The third-order valence-corrected chi connectivity index (χ3v) is 3.81. The molecule has 0 aliphatic heterocycles. The summed E-state index contributed by atoms with van der Waals surface area (Å²) in [5.41, 5.74) is 1.40. The molecule has 2 atom stereocenters. The molecule has 0 aromatic rings. The van der Waals surface area contributed by atoms with Crippen LogP contribution in [0.5, 0.6) is 0 Å². The van der Waals surface area contributed by atoms with Gasteiger partial charge in [0, 0.05) is 0 Å². The van der Waals surface area contributed by atoms with Crippen LogP contribution >= 0.6 is 0 Å². The first-order valence-electron chi connectivity index (χ1n) is 4.95. The second-order valence-corrected chi connectivity index (χ2v) is 7.29. The van der Waals surface area contributed by atoms with Crippen LogP contribution in [0, 0.1) is 5.92 Å². The van der Waals surface area contributed by atoms with E-state index in [9.17, 15) is 3.83 Å². The molecular formula is C11H22OSe. The zero-order valence-corrected chi connectivity index (χ0v) is 11.0. The van der Waals surface area contributed by atoms with Gasteiger partial charge in [0.25, 0.3) is 0 Å². The summed E-state index contributed by atoms with van der Waals surface area (Å²) in [5, 5.41) is 0.954. The Bertz CT molecular complexity index is 181. The molecule has 13 heavy (non-hydrogen) atoms. The minimum absolute atomic E-state index is 0.732. The van der Waals surface area contributed by atoms with E-state index in [0.717, 1.165) is 17.7 Å². The molecule has 0 saturated heterocycles. The molecular weight excluding hydrogens is 227 g/mol. The number of rotatable bonds is 6. The molecule has 0 rings (SSSR count). The molecule has 0 aliphatic rings. The number of allylic oxidation sites excluding steroid dienone is 2. The molecule has 0 heterocycles. The van der Waals surface area contributed by atoms with Crippen molar-refractivity contribution in [1.82, 2.24) is 0 Å². The Morgan fingerprint density at radius 1 is 1.38 bits per heavy atom. The van der Waals surface area contributed by atoms with Gasteiger partial charge in [-0.2, -0.15) is 0 Å². The van der Waals surface area contributed by atoms with Crippen molar-refractivity contribution >= 4 is 13.8 Å². The fourth-order valence-electron chi connectivity index (χ4n) is 1.17. The first-order chi connectivity index (χ1) is 6.02. The summed E-state index contributed by atoms with van der Waals surface area (Å²) < 4.78 is 10.9. The van der Waals surface area contributed by atoms with Gasteiger partial charge in [0.1, 0.15) is 0 Å². The Balaban J connectivity index is 3.46. The maximum atomic E-state index is 10.9. The van der Waals surface area contributed by atoms with Crippen LogP contribution in [0.1, 0.15) is 40.0 Å². The fourth-order valence-corrected chi connectivity index (χ4v) is 2.71. The van der Waals surface area contributed by atoms with Gasteiger partial charge in [-0.15, -0.1) is 0 Å². The van der Waals surface area contributed by atoms with Crippen molar-refractivity contribution in [3.63, 3.8) is 0 Å². The Kier molecular flexibility index (Phi) is 7.50. The Labute approximate surface area is 86.7 Å². The van der Waals surface area contributed by atoms with E-state index in [2.05, 4.69) is 26.8 Å². The summed E-state index contributed by atoms with van der Waals surface area (Å²) in [5.74, 6) is 2.61. The van der Waals surface area contributed by atoms with Gasteiger partial charge in [-0.1, -0.05) is 0 Å². The van der Waals surface area contributed by atoms with E-state index in [1.54, 1.807) is 0 Å². The second-order valence-electron chi connectivity index (χ2n) is 4.03. The summed E-state index contributed by atoms with van der Waals surface area (Å²) >= 11 is -1.43. The molecule has 78 valence electrons. The van der Waals surface area contributed by atoms with Crippen molar-refractivity contribution in [2.75, 3.05) is 0 Å². The Morgan fingerprint density at radius 2 is 2.00 bits per heavy atom. The third kappa shape index (κ3) is 9.98. The molecule has 1 unspecified atom stereocenters. The molecule has 0 radical (unpaired) electrons. The maximum absolute atomic E-state index is 10.9. The molecule has 0 saturated carbocycles. The van der Waals surface area contributed by atoms with Gasteiger partial charge in [-0.3, -0.25) is 0 Å². The van der Waals surface area contributed by atoms with Crippen molar-refractivity contribution in [1.29, 1.82) is 0 Å². The van der Waals surface area contributed by atoms with Crippen molar-refractivity contribution in [2.45, 2.75) is 51.2 Å². The van der Waals surface area contributed by atoms with Crippen LogP contribution < -0.4 is 0 Å². The van der Waals surface area contributed by atoms with Gasteiger partial charge in [0.2, 0.25) is 0 Å². The summed E-state index contributed by atoms with van der Waals surface area (Å²) in [6.07, 6.45) is 5.84. The molecule has 0 aromatic heterocycles. The Hall–Kier alpha value is 0.0595. The van der Waals surface area contributed by atoms with E-state index in [1.165, 1.54) is 18.4 Å². The Morgan fingerprint density at radius 3 is 2.46 bits per heavy atom. The molecule has 0 N–H and O–H groups in total. The van der Waals surface area contributed by atoms with Crippen LogP contribution in [0.25, 0.3) is 0 Å². The van der Waals surface area contributed by atoms with E-state index in [1.807, 2.05) is 5.82 Å². The quantitative estimate of drug-likeness (QED) is 0.516. The van der Waals surface area contributed by atoms with Crippen LogP contribution in [-0.2, 0) is 3.83 Å². The van der Waals surface area contributed by atoms with E-state index < -0.39 is 13.8 Å². The molecule has 0 spiro atoms. The van der Waals surface area contributed by atoms with Crippen molar-refractivity contribution in [3.8, 4) is 0 Å². The molecule has 1 nitrogen and oxygen atoms in total. The van der Waals surface area contributed by atoms with Crippen molar-refractivity contribution < 1.29 is 3.83 Å². The predicted molar refractivity (Wildman–Crippen MR) is 59.6 cm³/mol. The van der Waals surface area contributed by atoms with Crippen LogP contribution in [0.4, 0.5) is 0 Å². The van der Waals surface area contributed by atoms with E-state index in [4.69, 9.17) is 0 Å². The fraction of sp³-hybridized carbons (Fsp3) is 0.818. The van der Waals surface area contributed by atoms with Crippen LogP contribution in [-0.4, -0.2) is 13.8 Å². The standard InChI is InChI=1S/C11H22OSe/c1-10(2)6-5-7-11(3)8-9-13(4)12/h6,11H,5,7-9H2,1-4H3/t11-,13?/m1/s1. The van der Waals surface area contributed by atoms with Gasteiger partial charge in [0.15, 0.2) is 0 Å². The SMILES string of the molecule is CC(C)=CCC[C@@H](C)CC[Se](C)=O. The second kappa shape index (κ2) is 7.46. The van der Waals surface area contributed by atoms with Gasteiger partial charge >= 0.3 is 86.4 Å². The van der Waals surface area contributed by atoms with Crippen LogP contribution in [0.15, 0.2) is 11.6 Å². The monoisotopic (exact) mass is 250 g/mol. The average Bonchev–Trinajstić information content (AvgIpc) is 2.00.